The van der Waals surface area contributed by atoms with Gasteiger partial charge in [-0.3, -0.25) is 4.79 Å². The van der Waals surface area contributed by atoms with Crippen LogP contribution < -0.4 is 20.1 Å². The molecule has 3 aromatic rings. The van der Waals surface area contributed by atoms with Gasteiger partial charge in [0.25, 0.3) is 5.91 Å². The number of hydrogen-bond donors (Lipinski definition) is 3. The predicted octanol–water partition coefficient (Wildman–Crippen LogP) is 5.79. The third-order valence-corrected chi connectivity index (χ3v) is 5.60. The van der Waals surface area contributed by atoms with Crippen molar-refractivity contribution in [1.82, 2.24) is 0 Å². The lowest BCUT2D eigenvalue weighted by atomic mass is 10.1. The number of halogens is 1. The quantitative estimate of drug-likeness (QED) is 0.309. The maximum Gasteiger partial charge on any atom is 0.335 e. The fraction of sp³-hybridized carbons (Fsp3) is 0.231. The molecule has 0 saturated carbocycles. The number of benzene rings is 3. The summed E-state index contributed by atoms with van der Waals surface area (Å²) in [7, 11) is 0. The molecule has 3 N–H and O–H groups in total. The van der Waals surface area contributed by atoms with Crippen LogP contribution in [0.4, 0.5) is 11.4 Å². The summed E-state index contributed by atoms with van der Waals surface area (Å²) in [6, 6.07) is 16.2. The van der Waals surface area contributed by atoms with Crippen molar-refractivity contribution in [1.29, 1.82) is 0 Å². The molecule has 7 nitrogen and oxygen atoms in total. The summed E-state index contributed by atoms with van der Waals surface area (Å²) in [6.45, 7) is 6.47. The van der Waals surface area contributed by atoms with E-state index < -0.39 is 5.97 Å². The second-order valence-electron chi connectivity index (χ2n) is 7.73. The molecule has 0 aliphatic rings. The minimum absolute atomic E-state index is 0.167. The summed E-state index contributed by atoms with van der Waals surface area (Å²) in [5.41, 5.74) is 4.67. The minimum Gasteiger partial charge on any atom is -0.490 e. The summed E-state index contributed by atoms with van der Waals surface area (Å²) in [6.07, 6.45) is 0. The number of aryl methyl sites for hydroxylation is 2. The first-order valence-electron chi connectivity index (χ1n) is 10.8. The van der Waals surface area contributed by atoms with Crippen molar-refractivity contribution in [2.45, 2.75) is 27.3 Å². The Morgan fingerprint density at radius 2 is 1.74 bits per heavy atom. The molecule has 0 aliphatic carbocycles. The van der Waals surface area contributed by atoms with Crippen LogP contribution in [0.15, 0.2) is 59.1 Å². The molecule has 0 atom stereocenters. The molecule has 34 heavy (non-hydrogen) atoms. The van der Waals surface area contributed by atoms with Crippen molar-refractivity contribution >= 4 is 39.2 Å². The van der Waals surface area contributed by atoms with E-state index >= 15 is 0 Å². The number of rotatable bonds is 10. The van der Waals surface area contributed by atoms with Crippen molar-refractivity contribution in [2.24, 2.45) is 0 Å². The molecule has 0 aromatic heterocycles. The van der Waals surface area contributed by atoms with E-state index in [9.17, 15) is 9.59 Å². The summed E-state index contributed by atoms with van der Waals surface area (Å²) in [4.78, 5) is 23.5. The van der Waals surface area contributed by atoms with Crippen LogP contribution in [0.3, 0.4) is 0 Å². The minimum atomic E-state index is -0.955. The lowest BCUT2D eigenvalue weighted by Gasteiger charge is -2.16. The third kappa shape index (κ3) is 6.74. The van der Waals surface area contributed by atoms with E-state index in [4.69, 9.17) is 14.6 Å². The largest absolute Gasteiger partial charge is 0.490 e. The van der Waals surface area contributed by atoms with Gasteiger partial charge in [0.15, 0.2) is 18.1 Å². The van der Waals surface area contributed by atoms with Gasteiger partial charge in [-0.05, 0) is 90.3 Å². The van der Waals surface area contributed by atoms with Gasteiger partial charge in [-0.25, -0.2) is 4.79 Å². The van der Waals surface area contributed by atoms with Crippen LogP contribution >= 0.6 is 15.9 Å². The maximum absolute atomic E-state index is 12.3. The molecule has 178 valence electrons. The third-order valence-electron chi connectivity index (χ3n) is 5.01. The van der Waals surface area contributed by atoms with Crippen molar-refractivity contribution in [3.8, 4) is 11.5 Å². The van der Waals surface area contributed by atoms with Crippen LogP contribution in [0, 0.1) is 13.8 Å². The van der Waals surface area contributed by atoms with Crippen LogP contribution in [0.2, 0.25) is 0 Å². The number of hydrogen-bond acceptors (Lipinski definition) is 5. The maximum atomic E-state index is 12.3. The molecule has 0 unspecified atom stereocenters. The average Bonchev–Trinajstić information content (AvgIpc) is 2.79. The number of carboxylic acid groups (broad SMARTS) is 1. The van der Waals surface area contributed by atoms with E-state index in [1.807, 2.05) is 57.2 Å². The van der Waals surface area contributed by atoms with Crippen LogP contribution in [0.25, 0.3) is 0 Å². The highest BCUT2D eigenvalue weighted by Gasteiger charge is 2.15. The molecule has 0 radical (unpaired) electrons. The normalized spacial score (nSPS) is 10.5. The van der Waals surface area contributed by atoms with Crippen molar-refractivity contribution in [3.63, 3.8) is 0 Å². The Balaban J connectivity index is 1.68. The molecule has 0 fully saturated rings. The zero-order valence-corrected chi connectivity index (χ0v) is 20.9. The molecule has 1 amide bonds. The Bertz CT molecular complexity index is 1180. The zero-order chi connectivity index (χ0) is 24.7. The first-order chi connectivity index (χ1) is 16.3. The summed E-state index contributed by atoms with van der Waals surface area (Å²) < 4.78 is 12.2. The molecule has 0 spiro atoms. The highest BCUT2D eigenvalue weighted by Crippen LogP contribution is 2.37. The van der Waals surface area contributed by atoms with E-state index in [1.54, 1.807) is 18.2 Å². The number of nitrogens with one attached hydrogen (secondary N) is 2. The summed E-state index contributed by atoms with van der Waals surface area (Å²) in [5, 5.41) is 15.3. The lowest BCUT2D eigenvalue weighted by molar-refractivity contribution is -0.118. The predicted molar refractivity (Wildman–Crippen MR) is 136 cm³/mol. The Morgan fingerprint density at radius 3 is 2.38 bits per heavy atom. The van der Waals surface area contributed by atoms with E-state index in [0.717, 1.165) is 22.4 Å². The molecule has 8 heteroatoms. The van der Waals surface area contributed by atoms with E-state index in [2.05, 4.69) is 26.6 Å². The molecule has 0 heterocycles. The van der Waals surface area contributed by atoms with Gasteiger partial charge in [-0.1, -0.05) is 17.7 Å². The van der Waals surface area contributed by atoms with Crippen molar-refractivity contribution < 1.29 is 24.2 Å². The Morgan fingerprint density at radius 1 is 1.00 bits per heavy atom. The standard InChI is InChI=1S/C26H27BrN2O5/c1-4-33-23-13-18(14-28-22-10-7-19(26(31)32)11-17(22)3)12-21(27)25(23)34-15-24(30)29-20-8-5-16(2)6-9-20/h5-13,28H,4,14-15H2,1-3H3,(H,29,30)(H,31,32). The number of amides is 1. The van der Waals surface area contributed by atoms with E-state index in [1.165, 1.54) is 0 Å². The second-order valence-corrected chi connectivity index (χ2v) is 8.58. The van der Waals surface area contributed by atoms with Crippen molar-refractivity contribution in [2.75, 3.05) is 23.8 Å². The van der Waals surface area contributed by atoms with E-state index in [0.29, 0.717) is 34.8 Å². The fourth-order valence-corrected chi connectivity index (χ4v) is 3.89. The number of ether oxygens (including phenoxy) is 2. The van der Waals surface area contributed by atoms with Crippen LogP contribution in [-0.2, 0) is 11.3 Å². The number of anilines is 2. The van der Waals surface area contributed by atoms with Crippen molar-refractivity contribution in [3.05, 3.63) is 81.3 Å². The monoisotopic (exact) mass is 526 g/mol. The van der Waals surface area contributed by atoms with Gasteiger partial charge in [0.05, 0.1) is 16.6 Å². The van der Waals surface area contributed by atoms with Crippen LogP contribution in [0.1, 0.15) is 34.0 Å². The molecule has 0 bridgehead atoms. The van der Waals surface area contributed by atoms with Gasteiger partial charge < -0.3 is 25.2 Å². The molecular weight excluding hydrogens is 500 g/mol. The summed E-state index contributed by atoms with van der Waals surface area (Å²) in [5.74, 6) is -0.256. The first-order valence-corrected chi connectivity index (χ1v) is 11.6. The molecule has 3 rings (SSSR count). The Labute approximate surface area is 207 Å². The van der Waals surface area contributed by atoms with E-state index in [-0.39, 0.29) is 18.1 Å². The SMILES string of the molecule is CCOc1cc(CNc2ccc(C(=O)O)cc2C)cc(Br)c1OCC(=O)Nc1ccc(C)cc1. The number of carboxylic acids is 1. The highest BCUT2D eigenvalue weighted by atomic mass is 79.9. The van der Waals surface area contributed by atoms with Gasteiger partial charge in [-0.2, -0.15) is 0 Å². The van der Waals surface area contributed by atoms with Gasteiger partial charge in [0.1, 0.15) is 0 Å². The number of aromatic carboxylic acids is 1. The molecule has 3 aromatic carbocycles. The number of carbonyl (C=O) groups is 2. The zero-order valence-electron chi connectivity index (χ0n) is 19.3. The van der Waals surface area contributed by atoms with Gasteiger partial charge in [0.2, 0.25) is 0 Å². The topological polar surface area (TPSA) is 96.9 Å². The van der Waals surface area contributed by atoms with Gasteiger partial charge in [0, 0.05) is 17.9 Å². The first kappa shape index (κ1) is 25.1. The molecular formula is C26H27BrN2O5. The summed E-state index contributed by atoms with van der Waals surface area (Å²) >= 11 is 3.53. The molecule has 0 aliphatic heterocycles. The van der Waals surface area contributed by atoms with Gasteiger partial charge >= 0.3 is 5.97 Å². The van der Waals surface area contributed by atoms with Crippen LogP contribution in [-0.4, -0.2) is 30.2 Å². The Hall–Kier alpha value is -3.52. The smallest absolute Gasteiger partial charge is 0.335 e. The fourth-order valence-electron chi connectivity index (χ4n) is 3.29. The van der Waals surface area contributed by atoms with Crippen LogP contribution in [0.5, 0.6) is 11.5 Å². The Kier molecular flexibility index (Phi) is 8.54. The van der Waals surface area contributed by atoms with Gasteiger partial charge in [-0.15, -0.1) is 0 Å². The lowest BCUT2D eigenvalue weighted by Crippen LogP contribution is -2.20. The molecule has 0 saturated heterocycles. The highest BCUT2D eigenvalue weighted by molar-refractivity contribution is 9.10. The average molecular weight is 527 g/mol. The number of carbonyl (C=O) groups excluding carboxylic acids is 1. The second kappa shape index (κ2) is 11.6.